The van der Waals surface area contributed by atoms with Crippen molar-refractivity contribution < 1.29 is 14.1 Å². The van der Waals surface area contributed by atoms with Gasteiger partial charge in [-0.15, -0.1) is 0 Å². The fraction of sp³-hybridized carbons (Fsp3) is 0.435. The first-order chi connectivity index (χ1) is 15.9. The number of piperazine rings is 1. The maximum Gasteiger partial charge on any atom is 0.276 e. The van der Waals surface area contributed by atoms with Gasteiger partial charge in [0.15, 0.2) is 5.69 Å². The average Bonchev–Trinajstić information content (AvgIpc) is 3.25. The van der Waals surface area contributed by atoms with E-state index in [2.05, 4.69) is 20.4 Å². The Bertz CT molecular complexity index is 1240. The molecular weight excluding hydrogens is 424 g/mol. The summed E-state index contributed by atoms with van der Waals surface area (Å²) in [4.78, 5) is 46.5. The number of hydrogen-bond acceptors (Lipinski definition) is 7. The van der Waals surface area contributed by atoms with E-state index in [1.807, 2.05) is 18.4 Å². The van der Waals surface area contributed by atoms with E-state index >= 15 is 0 Å². The number of carbonyl (C=O) groups excluding carboxylic acids is 2. The minimum absolute atomic E-state index is 0.119. The van der Waals surface area contributed by atoms with E-state index in [0.29, 0.717) is 68.3 Å². The number of amides is 2. The molecule has 3 aromatic heterocycles. The Labute approximate surface area is 191 Å². The molecule has 0 aliphatic carbocycles. The summed E-state index contributed by atoms with van der Waals surface area (Å²) in [5.74, 6) is 0.0871. The molecule has 0 saturated carbocycles. The summed E-state index contributed by atoms with van der Waals surface area (Å²) in [5.41, 5.74) is 1.54. The summed E-state index contributed by atoms with van der Waals surface area (Å²) in [6.45, 7) is 9.77. The van der Waals surface area contributed by atoms with E-state index in [4.69, 9.17) is 4.52 Å². The molecule has 0 aromatic carbocycles. The molecule has 0 radical (unpaired) electrons. The van der Waals surface area contributed by atoms with Crippen molar-refractivity contribution in [3.8, 4) is 0 Å². The van der Waals surface area contributed by atoms with Gasteiger partial charge in [0.25, 0.3) is 11.8 Å². The van der Waals surface area contributed by atoms with Crippen LogP contribution in [0.1, 0.15) is 39.2 Å². The lowest BCUT2D eigenvalue weighted by Gasteiger charge is -2.34. The molecule has 0 spiro atoms. The second kappa shape index (κ2) is 9.53. The van der Waals surface area contributed by atoms with Crippen LogP contribution in [-0.2, 0) is 6.54 Å². The number of rotatable bonds is 6. The number of nitrogens with one attached hydrogen (secondary N) is 1. The number of fused-ring (bicyclic) bond motifs is 1. The number of aryl methyl sites for hydroxylation is 3. The Morgan fingerprint density at radius 3 is 2.58 bits per heavy atom. The van der Waals surface area contributed by atoms with Gasteiger partial charge in [0.2, 0.25) is 5.43 Å². The maximum atomic E-state index is 12.9. The quantitative estimate of drug-likeness (QED) is 0.598. The van der Waals surface area contributed by atoms with Crippen LogP contribution >= 0.6 is 0 Å². The van der Waals surface area contributed by atoms with Gasteiger partial charge in [0.1, 0.15) is 17.0 Å². The number of pyridine rings is 2. The van der Waals surface area contributed by atoms with Crippen LogP contribution in [0.15, 0.2) is 33.7 Å². The molecule has 1 aliphatic rings. The molecule has 10 nitrogen and oxygen atoms in total. The SMILES string of the molecule is CCn1cc(C(=O)NCCN2CCN(C(=O)c3cc(C)on3)CC2)c(=O)c2ccc(C)nc21. The van der Waals surface area contributed by atoms with Crippen molar-refractivity contribution in [2.45, 2.75) is 27.3 Å². The van der Waals surface area contributed by atoms with E-state index in [-0.39, 0.29) is 22.8 Å². The number of nitrogens with zero attached hydrogens (tertiary/aromatic N) is 5. The van der Waals surface area contributed by atoms with Crippen molar-refractivity contribution in [3.63, 3.8) is 0 Å². The molecule has 0 unspecified atom stereocenters. The summed E-state index contributed by atoms with van der Waals surface area (Å²) in [6, 6.07) is 5.14. The van der Waals surface area contributed by atoms with Gasteiger partial charge in [-0.05, 0) is 32.9 Å². The predicted octanol–water partition coefficient (Wildman–Crippen LogP) is 1.21. The van der Waals surface area contributed by atoms with Gasteiger partial charge >= 0.3 is 0 Å². The molecule has 3 aromatic rings. The fourth-order valence-corrected chi connectivity index (χ4v) is 3.99. The molecule has 0 atom stereocenters. The van der Waals surface area contributed by atoms with Crippen LogP contribution < -0.4 is 10.7 Å². The van der Waals surface area contributed by atoms with Crippen LogP contribution in [0, 0.1) is 13.8 Å². The molecule has 1 fully saturated rings. The van der Waals surface area contributed by atoms with Crippen LogP contribution in [0.4, 0.5) is 0 Å². The smallest absolute Gasteiger partial charge is 0.276 e. The second-order valence-electron chi connectivity index (χ2n) is 8.19. The lowest BCUT2D eigenvalue weighted by Crippen LogP contribution is -2.50. The van der Waals surface area contributed by atoms with Crippen molar-refractivity contribution in [1.29, 1.82) is 0 Å². The third-order valence-corrected chi connectivity index (χ3v) is 5.87. The Morgan fingerprint density at radius 2 is 1.91 bits per heavy atom. The van der Waals surface area contributed by atoms with E-state index in [1.54, 1.807) is 36.2 Å². The molecule has 174 valence electrons. The Kier molecular flexibility index (Phi) is 6.55. The fourth-order valence-electron chi connectivity index (χ4n) is 3.99. The molecular formula is C23H28N6O4. The summed E-state index contributed by atoms with van der Waals surface area (Å²) in [5, 5.41) is 7.09. The van der Waals surface area contributed by atoms with Crippen molar-refractivity contribution in [2.24, 2.45) is 0 Å². The predicted molar refractivity (Wildman–Crippen MR) is 122 cm³/mol. The van der Waals surface area contributed by atoms with Gasteiger partial charge in [-0.2, -0.15) is 0 Å². The van der Waals surface area contributed by atoms with Gasteiger partial charge < -0.3 is 19.3 Å². The standard InChI is InChI=1S/C23H28N6O4/c1-4-28-14-18(20(30)17-6-5-15(2)25-21(17)28)22(31)24-7-8-27-9-11-29(12-10-27)23(32)19-13-16(3)33-26-19/h5-6,13-14H,4,7-12H2,1-3H3,(H,24,31). The Hall–Kier alpha value is -3.53. The van der Waals surface area contributed by atoms with Gasteiger partial charge in [0, 0.05) is 63.8 Å². The molecule has 2 amide bonds. The van der Waals surface area contributed by atoms with Crippen molar-refractivity contribution in [1.82, 2.24) is 29.8 Å². The first kappa shape index (κ1) is 22.7. The first-order valence-electron chi connectivity index (χ1n) is 11.1. The summed E-state index contributed by atoms with van der Waals surface area (Å²) in [7, 11) is 0. The number of hydrogen-bond donors (Lipinski definition) is 1. The van der Waals surface area contributed by atoms with E-state index in [0.717, 1.165) is 5.69 Å². The highest BCUT2D eigenvalue weighted by molar-refractivity contribution is 5.96. The first-order valence-corrected chi connectivity index (χ1v) is 11.1. The van der Waals surface area contributed by atoms with Gasteiger partial charge in [-0.25, -0.2) is 4.98 Å². The Balaban J connectivity index is 1.32. The lowest BCUT2D eigenvalue weighted by atomic mass is 10.1. The normalized spacial score (nSPS) is 14.6. The zero-order valence-electron chi connectivity index (χ0n) is 19.1. The van der Waals surface area contributed by atoms with Crippen LogP contribution in [0.2, 0.25) is 0 Å². The summed E-state index contributed by atoms with van der Waals surface area (Å²) >= 11 is 0. The molecule has 10 heteroatoms. The molecule has 4 rings (SSSR count). The lowest BCUT2D eigenvalue weighted by molar-refractivity contribution is 0.0628. The summed E-state index contributed by atoms with van der Waals surface area (Å²) < 4.78 is 6.81. The average molecular weight is 453 g/mol. The summed E-state index contributed by atoms with van der Waals surface area (Å²) in [6.07, 6.45) is 1.59. The molecule has 4 heterocycles. The van der Waals surface area contributed by atoms with Crippen molar-refractivity contribution in [3.05, 3.63) is 57.3 Å². The van der Waals surface area contributed by atoms with Crippen LogP contribution in [0.3, 0.4) is 0 Å². The minimum Gasteiger partial charge on any atom is -0.361 e. The number of aromatic nitrogens is 3. The van der Waals surface area contributed by atoms with E-state index in [1.165, 1.54) is 0 Å². The highest BCUT2D eigenvalue weighted by Gasteiger charge is 2.24. The van der Waals surface area contributed by atoms with Crippen molar-refractivity contribution >= 4 is 22.8 Å². The second-order valence-corrected chi connectivity index (χ2v) is 8.19. The van der Waals surface area contributed by atoms with Crippen LogP contribution in [-0.4, -0.2) is 75.6 Å². The third-order valence-electron chi connectivity index (χ3n) is 5.87. The molecule has 1 N–H and O–H groups in total. The van der Waals surface area contributed by atoms with Crippen LogP contribution in [0.25, 0.3) is 11.0 Å². The molecule has 0 bridgehead atoms. The monoisotopic (exact) mass is 452 g/mol. The van der Waals surface area contributed by atoms with Gasteiger partial charge in [-0.1, -0.05) is 5.16 Å². The largest absolute Gasteiger partial charge is 0.361 e. The van der Waals surface area contributed by atoms with Gasteiger partial charge in [-0.3, -0.25) is 19.3 Å². The molecule has 1 aliphatic heterocycles. The topological polar surface area (TPSA) is 114 Å². The number of carbonyl (C=O) groups is 2. The highest BCUT2D eigenvalue weighted by atomic mass is 16.5. The zero-order chi connectivity index (χ0) is 23.5. The third kappa shape index (κ3) is 4.80. The zero-order valence-corrected chi connectivity index (χ0v) is 19.1. The van der Waals surface area contributed by atoms with E-state index in [9.17, 15) is 14.4 Å². The molecule has 33 heavy (non-hydrogen) atoms. The van der Waals surface area contributed by atoms with Gasteiger partial charge in [0.05, 0.1) is 5.39 Å². The Morgan fingerprint density at radius 1 is 1.15 bits per heavy atom. The minimum atomic E-state index is -0.389. The highest BCUT2D eigenvalue weighted by Crippen LogP contribution is 2.12. The van der Waals surface area contributed by atoms with E-state index < -0.39 is 0 Å². The maximum absolute atomic E-state index is 12.9. The molecule has 1 saturated heterocycles. The van der Waals surface area contributed by atoms with Crippen molar-refractivity contribution in [2.75, 3.05) is 39.3 Å². The van der Waals surface area contributed by atoms with Crippen LogP contribution in [0.5, 0.6) is 0 Å².